The fourth-order valence-electron chi connectivity index (χ4n) is 2.43. The Morgan fingerprint density at radius 1 is 1.14 bits per heavy atom. The molecule has 2 unspecified atom stereocenters. The largest absolute Gasteiger partial charge is 0.480 e. The molecule has 0 saturated heterocycles. The highest BCUT2D eigenvalue weighted by Crippen LogP contribution is 2.22. The molecule has 2 rings (SSSR count). The van der Waals surface area contributed by atoms with E-state index < -0.39 is 12.0 Å². The molecule has 0 heterocycles. The summed E-state index contributed by atoms with van der Waals surface area (Å²) in [6, 6.07) is 17.2. The maximum Gasteiger partial charge on any atom is 0.326 e. The first kappa shape index (κ1) is 15.1. The zero-order valence-electron chi connectivity index (χ0n) is 12.4. The van der Waals surface area contributed by atoms with Crippen LogP contribution in [0.1, 0.15) is 30.4 Å². The molecule has 0 radical (unpaired) electrons. The lowest BCUT2D eigenvalue weighted by atomic mass is 9.94. The third kappa shape index (κ3) is 4.35. The van der Waals surface area contributed by atoms with Crippen LogP contribution in [-0.4, -0.2) is 17.1 Å². The first-order valence-electron chi connectivity index (χ1n) is 7.17. The Hall–Kier alpha value is -2.29. The van der Waals surface area contributed by atoms with Gasteiger partial charge in [0.1, 0.15) is 6.04 Å². The Morgan fingerprint density at radius 3 is 2.48 bits per heavy atom. The number of nitrogens with one attached hydrogen (secondary N) is 1. The van der Waals surface area contributed by atoms with E-state index in [9.17, 15) is 9.90 Å². The summed E-state index contributed by atoms with van der Waals surface area (Å²) in [6.07, 6.45) is 0.549. The van der Waals surface area contributed by atoms with Crippen LogP contribution in [0.25, 0.3) is 0 Å². The van der Waals surface area contributed by atoms with Gasteiger partial charge in [-0.25, -0.2) is 4.79 Å². The van der Waals surface area contributed by atoms with Crippen LogP contribution in [-0.2, 0) is 4.79 Å². The van der Waals surface area contributed by atoms with Gasteiger partial charge in [0.25, 0.3) is 0 Å². The summed E-state index contributed by atoms with van der Waals surface area (Å²) in [5, 5.41) is 12.6. The van der Waals surface area contributed by atoms with Gasteiger partial charge in [-0.2, -0.15) is 0 Å². The van der Waals surface area contributed by atoms with E-state index in [1.165, 1.54) is 0 Å². The number of carboxylic acids is 1. The lowest BCUT2D eigenvalue weighted by molar-refractivity contribution is -0.138. The molecule has 0 saturated carbocycles. The highest BCUT2D eigenvalue weighted by atomic mass is 16.4. The summed E-state index contributed by atoms with van der Waals surface area (Å²) in [5.41, 5.74) is 3.12. The van der Waals surface area contributed by atoms with Gasteiger partial charge in [0.15, 0.2) is 0 Å². The molecule has 0 aliphatic carbocycles. The van der Waals surface area contributed by atoms with E-state index in [1.807, 2.05) is 61.5 Å². The maximum atomic E-state index is 11.5. The number of hydrogen-bond acceptors (Lipinski definition) is 2. The first-order valence-corrected chi connectivity index (χ1v) is 7.17. The lowest BCUT2D eigenvalue weighted by Crippen LogP contribution is -2.30. The van der Waals surface area contributed by atoms with Crippen molar-refractivity contribution in [3.05, 3.63) is 65.7 Å². The topological polar surface area (TPSA) is 49.3 Å². The number of anilines is 1. The average Bonchev–Trinajstić information content (AvgIpc) is 2.47. The number of aliphatic carboxylic acids is 1. The molecule has 2 aromatic carbocycles. The quantitative estimate of drug-likeness (QED) is 0.840. The second kappa shape index (κ2) is 6.93. The van der Waals surface area contributed by atoms with Gasteiger partial charge in [0, 0.05) is 5.69 Å². The summed E-state index contributed by atoms with van der Waals surface area (Å²) in [7, 11) is 0. The van der Waals surface area contributed by atoms with Crippen LogP contribution in [0, 0.1) is 6.92 Å². The monoisotopic (exact) mass is 283 g/mol. The Balaban J connectivity index is 2.07. The number of aryl methyl sites for hydroxylation is 1. The summed E-state index contributed by atoms with van der Waals surface area (Å²) in [6.45, 7) is 4.05. The van der Waals surface area contributed by atoms with Crippen LogP contribution in [0.5, 0.6) is 0 Å². The van der Waals surface area contributed by atoms with Gasteiger partial charge < -0.3 is 10.4 Å². The molecule has 21 heavy (non-hydrogen) atoms. The van der Waals surface area contributed by atoms with E-state index in [1.54, 1.807) is 0 Å². The van der Waals surface area contributed by atoms with E-state index in [2.05, 4.69) is 12.2 Å². The molecule has 2 N–H and O–H groups in total. The van der Waals surface area contributed by atoms with Crippen molar-refractivity contribution in [3.8, 4) is 0 Å². The number of hydrogen-bond donors (Lipinski definition) is 2. The van der Waals surface area contributed by atoms with Crippen molar-refractivity contribution in [1.29, 1.82) is 0 Å². The maximum absolute atomic E-state index is 11.5. The number of carbonyl (C=O) groups is 1. The van der Waals surface area contributed by atoms with Gasteiger partial charge >= 0.3 is 5.97 Å². The van der Waals surface area contributed by atoms with Gasteiger partial charge in [-0.1, -0.05) is 49.4 Å². The minimum Gasteiger partial charge on any atom is -0.480 e. The fraction of sp³-hybridized carbons (Fsp3) is 0.278. The van der Waals surface area contributed by atoms with Crippen LogP contribution in [0.15, 0.2) is 54.6 Å². The summed E-state index contributed by atoms with van der Waals surface area (Å²) < 4.78 is 0. The molecule has 0 fully saturated rings. The molecule has 2 atom stereocenters. The first-order chi connectivity index (χ1) is 10.1. The van der Waals surface area contributed by atoms with Crippen molar-refractivity contribution in [1.82, 2.24) is 0 Å². The Labute approximate surface area is 125 Å². The predicted octanol–water partition coefficient (Wildman–Crippen LogP) is 4.05. The third-order valence-electron chi connectivity index (χ3n) is 3.61. The Morgan fingerprint density at radius 2 is 1.86 bits per heavy atom. The summed E-state index contributed by atoms with van der Waals surface area (Å²) >= 11 is 0. The molecule has 0 amide bonds. The Kier molecular flexibility index (Phi) is 4.99. The zero-order chi connectivity index (χ0) is 15.2. The smallest absolute Gasteiger partial charge is 0.326 e. The van der Waals surface area contributed by atoms with Crippen molar-refractivity contribution >= 4 is 11.7 Å². The van der Waals surface area contributed by atoms with Gasteiger partial charge in [-0.3, -0.25) is 0 Å². The third-order valence-corrected chi connectivity index (χ3v) is 3.61. The highest BCUT2D eigenvalue weighted by molar-refractivity contribution is 5.77. The van der Waals surface area contributed by atoms with Gasteiger partial charge in [0.05, 0.1) is 0 Å². The van der Waals surface area contributed by atoms with Crippen molar-refractivity contribution < 1.29 is 9.90 Å². The Bertz CT molecular complexity index is 595. The molecule has 2 aromatic rings. The minimum absolute atomic E-state index is 0.185. The summed E-state index contributed by atoms with van der Waals surface area (Å²) in [4.78, 5) is 11.5. The van der Waals surface area contributed by atoms with E-state index in [0.717, 1.165) is 16.8 Å². The molecule has 0 aliphatic heterocycles. The van der Waals surface area contributed by atoms with Crippen molar-refractivity contribution in [2.45, 2.75) is 32.2 Å². The molecular formula is C18H21NO2. The molecule has 110 valence electrons. The summed E-state index contributed by atoms with van der Waals surface area (Å²) in [5.74, 6) is -0.635. The fourth-order valence-corrected chi connectivity index (χ4v) is 2.43. The number of carboxylic acid groups (broad SMARTS) is 1. The normalized spacial score (nSPS) is 13.4. The second-order valence-corrected chi connectivity index (χ2v) is 5.45. The second-order valence-electron chi connectivity index (χ2n) is 5.45. The van der Waals surface area contributed by atoms with Gasteiger partial charge in [0.2, 0.25) is 0 Å². The van der Waals surface area contributed by atoms with Crippen LogP contribution >= 0.6 is 0 Å². The highest BCUT2D eigenvalue weighted by Gasteiger charge is 2.21. The molecule has 3 nitrogen and oxygen atoms in total. The standard InChI is InChI=1S/C18H21NO2/c1-13-7-6-10-16(11-13)19-17(18(20)21)12-14(2)15-8-4-3-5-9-15/h3-11,14,17,19H,12H2,1-2H3,(H,20,21). The average molecular weight is 283 g/mol. The van der Waals surface area contributed by atoms with Crippen LogP contribution in [0.4, 0.5) is 5.69 Å². The van der Waals surface area contributed by atoms with Crippen LogP contribution in [0.3, 0.4) is 0 Å². The zero-order valence-corrected chi connectivity index (χ0v) is 12.4. The molecular weight excluding hydrogens is 262 g/mol. The number of rotatable bonds is 6. The van der Waals surface area contributed by atoms with Gasteiger partial charge in [-0.05, 0) is 42.5 Å². The molecule has 0 aromatic heterocycles. The van der Waals surface area contributed by atoms with E-state index >= 15 is 0 Å². The SMILES string of the molecule is Cc1cccc(NC(CC(C)c2ccccc2)C(=O)O)c1. The van der Waals surface area contributed by atoms with Crippen LogP contribution < -0.4 is 5.32 Å². The predicted molar refractivity (Wildman–Crippen MR) is 85.7 cm³/mol. The van der Waals surface area contributed by atoms with Crippen molar-refractivity contribution in [2.75, 3.05) is 5.32 Å². The molecule has 0 aliphatic rings. The van der Waals surface area contributed by atoms with E-state index in [0.29, 0.717) is 6.42 Å². The van der Waals surface area contributed by atoms with Crippen molar-refractivity contribution in [3.63, 3.8) is 0 Å². The molecule has 3 heteroatoms. The van der Waals surface area contributed by atoms with E-state index in [-0.39, 0.29) is 5.92 Å². The van der Waals surface area contributed by atoms with Crippen LogP contribution in [0.2, 0.25) is 0 Å². The van der Waals surface area contributed by atoms with Crippen molar-refractivity contribution in [2.24, 2.45) is 0 Å². The molecule has 0 bridgehead atoms. The minimum atomic E-state index is -0.820. The number of benzene rings is 2. The lowest BCUT2D eigenvalue weighted by Gasteiger charge is -2.20. The molecule has 0 spiro atoms. The van der Waals surface area contributed by atoms with Gasteiger partial charge in [-0.15, -0.1) is 0 Å². The van der Waals surface area contributed by atoms with E-state index in [4.69, 9.17) is 0 Å².